The number of oxime groups is 1. The molecule has 6 N–H and O–H groups in total. The summed E-state index contributed by atoms with van der Waals surface area (Å²) in [4.78, 5) is 46.2. The number of carboxylic acids is 1. The molecule has 0 saturated carbocycles. The van der Waals surface area contributed by atoms with Gasteiger partial charge in [0.25, 0.3) is 17.9 Å². The minimum absolute atomic E-state index is 0.0552. The van der Waals surface area contributed by atoms with Crippen LogP contribution in [0.25, 0.3) is 11.1 Å². The van der Waals surface area contributed by atoms with E-state index < -0.39 is 58.6 Å². The van der Waals surface area contributed by atoms with Crippen molar-refractivity contribution in [3.05, 3.63) is 47.7 Å². The van der Waals surface area contributed by atoms with Crippen molar-refractivity contribution in [2.45, 2.75) is 38.1 Å². The van der Waals surface area contributed by atoms with E-state index in [1.165, 1.54) is 12.3 Å². The van der Waals surface area contributed by atoms with Crippen LogP contribution in [0.4, 0.5) is 5.13 Å². The van der Waals surface area contributed by atoms with Gasteiger partial charge in [0, 0.05) is 5.38 Å². The first-order chi connectivity index (χ1) is 20.8. The van der Waals surface area contributed by atoms with Crippen LogP contribution in [0.2, 0.25) is 0 Å². The fourth-order valence-corrected chi connectivity index (χ4v) is 5.68. The summed E-state index contributed by atoms with van der Waals surface area (Å²) in [6.45, 7) is 2.11. The zero-order valence-corrected chi connectivity index (χ0v) is 25.2. The largest absolute Gasteiger partial charge is 0.731 e. The maximum atomic E-state index is 13.0. The number of ether oxygens (including phenoxy) is 1. The number of benzene rings is 1. The number of aryl methyl sites for hydroxylation is 2. The second kappa shape index (κ2) is 13.4. The molecule has 236 valence electrons. The lowest BCUT2D eigenvalue weighted by molar-refractivity contribution is -0.753. The van der Waals surface area contributed by atoms with Crippen LogP contribution >= 0.6 is 11.3 Å². The molecule has 17 nitrogen and oxygen atoms in total. The number of aromatic nitrogens is 3. The number of nitrogens with two attached hydrogens (primary N) is 2. The standard InChI is InChI=1S/C25H30N8O9S2/c1-14-20(23(35)33(14)44(38,39)40)29-22(34)21(18-13-43-25(27)28-18)30-42-19(24(36)37)12-41-17-6-4-15(5-7-17)16-10-31(2)32(11-16)9-3-8-26/h4-7,10-11,13-14,19-20H,3,8-9,12,26H2,1-2H3,(H4-,27,28,29,34,36,37,38,39,40)/b30-21-/t14-,19-,20-/m0/s1. The Morgan fingerprint density at radius 3 is 2.57 bits per heavy atom. The van der Waals surface area contributed by atoms with Crippen LogP contribution in [-0.2, 0) is 43.1 Å². The van der Waals surface area contributed by atoms with Crippen LogP contribution in [0.3, 0.4) is 0 Å². The number of amides is 2. The molecule has 0 unspecified atom stereocenters. The maximum Gasteiger partial charge on any atom is 0.351 e. The molecule has 2 aromatic heterocycles. The number of carbonyl (C=O) groups is 3. The first kappa shape index (κ1) is 32.3. The molecule has 1 fully saturated rings. The Morgan fingerprint density at radius 2 is 2.00 bits per heavy atom. The van der Waals surface area contributed by atoms with Crippen LogP contribution in [-0.4, -0.2) is 86.9 Å². The summed E-state index contributed by atoms with van der Waals surface area (Å²) in [7, 11) is -3.14. The van der Waals surface area contributed by atoms with Crippen LogP contribution in [0.1, 0.15) is 19.0 Å². The van der Waals surface area contributed by atoms with E-state index in [9.17, 15) is 32.5 Å². The maximum absolute atomic E-state index is 13.0. The molecule has 1 aliphatic rings. The van der Waals surface area contributed by atoms with Crippen molar-refractivity contribution in [2.24, 2.45) is 17.9 Å². The van der Waals surface area contributed by atoms with Crippen molar-refractivity contribution in [2.75, 3.05) is 18.9 Å². The highest BCUT2D eigenvalue weighted by Crippen LogP contribution is 2.24. The first-order valence-electron chi connectivity index (χ1n) is 13.1. The van der Waals surface area contributed by atoms with Crippen molar-refractivity contribution in [1.29, 1.82) is 0 Å². The Kier molecular flexibility index (Phi) is 9.82. The smallest absolute Gasteiger partial charge is 0.351 e. The van der Waals surface area contributed by atoms with Gasteiger partial charge in [0.2, 0.25) is 6.20 Å². The Balaban J connectivity index is 1.43. The molecule has 1 aliphatic heterocycles. The highest BCUT2D eigenvalue weighted by molar-refractivity contribution is 7.84. The third-order valence-electron chi connectivity index (χ3n) is 6.59. The Labute approximate surface area is 255 Å². The van der Waals surface area contributed by atoms with Crippen molar-refractivity contribution in [1.82, 2.24) is 19.3 Å². The van der Waals surface area contributed by atoms with Gasteiger partial charge in [-0.2, -0.15) is 4.68 Å². The summed E-state index contributed by atoms with van der Waals surface area (Å²) in [6, 6.07) is 4.41. The number of hydrogen-bond donors (Lipinski definition) is 4. The van der Waals surface area contributed by atoms with Gasteiger partial charge in [0.1, 0.15) is 24.1 Å². The van der Waals surface area contributed by atoms with E-state index in [1.54, 1.807) is 12.1 Å². The van der Waals surface area contributed by atoms with Crippen molar-refractivity contribution in [3.8, 4) is 16.9 Å². The number of thiazole rings is 1. The van der Waals surface area contributed by atoms with Crippen LogP contribution < -0.4 is 26.2 Å². The topological polar surface area (TPSA) is 248 Å². The molecule has 3 atom stereocenters. The van der Waals surface area contributed by atoms with Gasteiger partial charge >= 0.3 is 5.97 Å². The molecular formula is C25H30N8O9S2. The van der Waals surface area contributed by atoms with Crippen molar-refractivity contribution in [3.63, 3.8) is 0 Å². The van der Waals surface area contributed by atoms with Gasteiger partial charge in [-0.1, -0.05) is 17.3 Å². The minimum atomic E-state index is -5.07. The predicted molar refractivity (Wildman–Crippen MR) is 154 cm³/mol. The van der Waals surface area contributed by atoms with Crippen molar-refractivity contribution < 1.29 is 46.7 Å². The Bertz CT molecular complexity index is 1670. The van der Waals surface area contributed by atoms with Crippen LogP contribution in [0.15, 0.2) is 47.2 Å². The zero-order valence-electron chi connectivity index (χ0n) is 23.5. The first-order valence-corrected chi connectivity index (χ1v) is 15.3. The average Bonchev–Trinajstić information content (AvgIpc) is 3.56. The second-order valence-corrected chi connectivity index (χ2v) is 11.8. The number of nitrogen functional groups attached to an aromatic ring is 1. The van der Waals surface area contributed by atoms with Gasteiger partial charge in [-0.3, -0.25) is 9.59 Å². The molecule has 19 heteroatoms. The second-order valence-electron chi connectivity index (χ2n) is 9.65. The molecule has 1 aromatic carbocycles. The minimum Gasteiger partial charge on any atom is -0.731 e. The van der Waals surface area contributed by atoms with Gasteiger partial charge in [-0.15, -0.1) is 16.0 Å². The molecule has 0 spiro atoms. The number of anilines is 1. The molecule has 3 heterocycles. The lowest BCUT2D eigenvalue weighted by Gasteiger charge is -2.45. The van der Waals surface area contributed by atoms with Gasteiger partial charge in [0.15, 0.2) is 28.2 Å². The number of nitrogens with one attached hydrogen (secondary N) is 1. The van der Waals surface area contributed by atoms with E-state index >= 15 is 0 Å². The molecule has 3 aromatic rings. The summed E-state index contributed by atoms with van der Waals surface area (Å²) in [5.41, 5.74) is 12.5. The molecule has 0 aliphatic carbocycles. The molecule has 4 rings (SSSR count). The lowest BCUT2D eigenvalue weighted by atomic mass is 10.0. The van der Waals surface area contributed by atoms with E-state index in [1.807, 2.05) is 40.9 Å². The van der Waals surface area contributed by atoms with E-state index in [2.05, 4.69) is 15.5 Å². The fourth-order valence-electron chi connectivity index (χ4n) is 4.27. The number of carboxylic acid groups (broad SMARTS) is 1. The molecule has 0 radical (unpaired) electrons. The highest BCUT2D eigenvalue weighted by atomic mass is 32.2. The summed E-state index contributed by atoms with van der Waals surface area (Å²) in [5.74, 6) is -3.29. The normalized spacial score (nSPS) is 17.6. The monoisotopic (exact) mass is 650 g/mol. The third-order valence-corrected chi connectivity index (χ3v) is 8.26. The van der Waals surface area contributed by atoms with E-state index in [0.29, 0.717) is 12.3 Å². The number of nitrogens with zero attached hydrogens (tertiary/aromatic N) is 5. The molecule has 0 bridgehead atoms. The van der Waals surface area contributed by atoms with Crippen LogP contribution in [0.5, 0.6) is 5.75 Å². The number of rotatable bonds is 14. The highest BCUT2D eigenvalue weighted by Gasteiger charge is 2.49. The van der Waals surface area contributed by atoms with Crippen LogP contribution in [0, 0.1) is 0 Å². The van der Waals surface area contributed by atoms with E-state index in [0.717, 1.165) is 35.4 Å². The quantitative estimate of drug-likeness (QED) is 0.0528. The van der Waals surface area contributed by atoms with Gasteiger partial charge in [-0.25, -0.2) is 22.5 Å². The molecular weight excluding hydrogens is 620 g/mol. The summed E-state index contributed by atoms with van der Waals surface area (Å²) < 4.78 is 43.4. The fraction of sp³-hybridized carbons (Fsp3) is 0.360. The van der Waals surface area contributed by atoms with E-state index in [-0.39, 0.29) is 15.1 Å². The predicted octanol–water partition coefficient (Wildman–Crippen LogP) is -1.20. The molecule has 2 amide bonds. The summed E-state index contributed by atoms with van der Waals surface area (Å²) >= 11 is 0.952. The van der Waals surface area contributed by atoms with Gasteiger partial charge in [0.05, 0.1) is 24.3 Å². The molecule has 44 heavy (non-hydrogen) atoms. The van der Waals surface area contributed by atoms with E-state index in [4.69, 9.17) is 21.0 Å². The Hall–Kier alpha value is -4.59. The third kappa shape index (κ3) is 7.30. The summed E-state index contributed by atoms with van der Waals surface area (Å²) in [6.07, 6.45) is 3.12. The number of hydrogen-bond acceptors (Lipinski definition) is 13. The molecule has 1 saturated heterocycles. The van der Waals surface area contributed by atoms with Gasteiger partial charge in [-0.05, 0) is 37.6 Å². The summed E-state index contributed by atoms with van der Waals surface area (Å²) in [5, 5.41) is 17.0. The number of aliphatic carboxylic acids is 1. The number of β-lactam (4-membered cyclic amide) rings is 1. The average molecular weight is 651 g/mol. The van der Waals surface area contributed by atoms with Crippen molar-refractivity contribution >= 4 is 50.3 Å². The SMILES string of the molecule is C[C@H]1[C@H](NC(=O)/C(=N\O[C@@H](COc2ccc(-c3cn(CCCN)[n+](C)c3)cc2)C(=O)O)c2csc(N)n2)C(=O)N1S(=O)(=O)[O-]. The van der Waals surface area contributed by atoms with Gasteiger partial charge < -0.3 is 36.0 Å². The lowest BCUT2D eigenvalue weighted by Crippen LogP contribution is -2.71. The zero-order chi connectivity index (χ0) is 32.2. The Morgan fingerprint density at radius 1 is 1.30 bits per heavy atom. The number of carbonyl (C=O) groups excluding carboxylic acids is 2.